The van der Waals surface area contributed by atoms with Crippen molar-refractivity contribution in [3.8, 4) is 0 Å². The number of nitrogens with zero attached hydrogens (tertiary/aromatic N) is 3. The molecule has 3 heterocycles. The molecule has 29 heavy (non-hydrogen) atoms. The minimum absolute atomic E-state index is 0.0639. The quantitative estimate of drug-likeness (QED) is 0.843. The van der Waals surface area contributed by atoms with Gasteiger partial charge in [-0.3, -0.25) is 14.5 Å². The van der Waals surface area contributed by atoms with Crippen molar-refractivity contribution in [3.05, 3.63) is 59.5 Å². The molecule has 2 aliphatic rings. The molecular formula is C22H26N4O3. The van der Waals surface area contributed by atoms with Crippen LogP contribution in [-0.4, -0.2) is 47.1 Å². The highest BCUT2D eigenvalue weighted by atomic mass is 16.3. The average molecular weight is 394 g/mol. The lowest BCUT2D eigenvalue weighted by Gasteiger charge is -2.31. The monoisotopic (exact) mass is 394 g/mol. The molecule has 1 fully saturated rings. The highest BCUT2D eigenvalue weighted by Crippen LogP contribution is 2.33. The number of hydrogen-bond acceptors (Lipinski definition) is 5. The second-order valence-corrected chi connectivity index (χ2v) is 7.84. The summed E-state index contributed by atoms with van der Waals surface area (Å²) in [6, 6.07) is 11.6. The third-order valence-corrected chi connectivity index (χ3v) is 5.77. The minimum Gasteiger partial charge on any atom is -0.467 e. The van der Waals surface area contributed by atoms with E-state index in [0.29, 0.717) is 32.4 Å². The number of hydrogen-bond donors (Lipinski definition) is 1. The Morgan fingerprint density at radius 3 is 2.52 bits per heavy atom. The maximum absolute atomic E-state index is 13.1. The van der Waals surface area contributed by atoms with Gasteiger partial charge in [-0.05, 0) is 50.6 Å². The molecule has 7 heteroatoms. The number of carbonyl (C=O) groups is 2. The van der Waals surface area contributed by atoms with Gasteiger partial charge in [0, 0.05) is 12.3 Å². The van der Waals surface area contributed by atoms with E-state index < -0.39 is 0 Å². The first-order valence-corrected chi connectivity index (χ1v) is 10.0. The molecule has 2 N–H and O–H groups in total. The molecule has 1 saturated heterocycles. The van der Waals surface area contributed by atoms with Gasteiger partial charge in [-0.15, -0.1) is 0 Å². The van der Waals surface area contributed by atoms with E-state index in [9.17, 15) is 9.59 Å². The van der Waals surface area contributed by atoms with Crippen LogP contribution in [0.4, 0.5) is 0 Å². The first kappa shape index (κ1) is 19.4. The Bertz CT molecular complexity index is 897. The SMILES string of the molecule is Cc1ccc(C2=NN(C(=O)CN3CCC(C(N)=O)CC3)C(c3ccco3)C2)cc1. The zero-order valence-electron chi connectivity index (χ0n) is 16.6. The molecule has 1 atom stereocenters. The van der Waals surface area contributed by atoms with Gasteiger partial charge in [0.1, 0.15) is 11.8 Å². The van der Waals surface area contributed by atoms with E-state index in [4.69, 9.17) is 10.2 Å². The molecule has 2 aliphatic heterocycles. The van der Waals surface area contributed by atoms with Crippen molar-refractivity contribution in [2.75, 3.05) is 19.6 Å². The number of furan rings is 1. The van der Waals surface area contributed by atoms with Crippen LogP contribution in [0.5, 0.6) is 0 Å². The summed E-state index contributed by atoms with van der Waals surface area (Å²) < 4.78 is 5.60. The number of piperidine rings is 1. The van der Waals surface area contributed by atoms with Gasteiger partial charge in [0.2, 0.25) is 5.91 Å². The number of aryl methyl sites for hydroxylation is 1. The van der Waals surface area contributed by atoms with E-state index >= 15 is 0 Å². The molecule has 0 spiro atoms. The number of amides is 2. The standard InChI is InChI=1S/C22H26N4O3/c1-15-4-6-16(7-5-15)18-13-19(20-3-2-12-29-20)26(24-18)21(27)14-25-10-8-17(9-11-25)22(23)28/h2-7,12,17,19H,8-11,13-14H2,1H3,(H2,23,28). The molecule has 2 amide bonds. The largest absolute Gasteiger partial charge is 0.467 e. The number of hydrazone groups is 1. The van der Waals surface area contributed by atoms with Crippen LogP contribution >= 0.6 is 0 Å². The maximum Gasteiger partial charge on any atom is 0.257 e. The normalized spacial score (nSPS) is 20.7. The number of benzene rings is 1. The predicted molar refractivity (Wildman–Crippen MR) is 109 cm³/mol. The molecule has 0 radical (unpaired) electrons. The van der Waals surface area contributed by atoms with Crippen molar-refractivity contribution in [2.24, 2.45) is 16.8 Å². The molecular weight excluding hydrogens is 368 g/mol. The van der Waals surface area contributed by atoms with Crippen molar-refractivity contribution in [1.82, 2.24) is 9.91 Å². The summed E-state index contributed by atoms with van der Waals surface area (Å²) >= 11 is 0. The summed E-state index contributed by atoms with van der Waals surface area (Å²) in [6.07, 6.45) is 3.63. The van der Waals surface area contributed by atoms with Crippen LogP contribution in [0, 0.1) is 12.8 Å². The fraction of sp³-hybridized carbons (Fsp3) is 0.409. The van der Waals surface area contributed by atoms with Crippen molar-refractivity contribution in [2.45, 2.75) is 32.2 Å². The van der Waals surface area contributed by atoms with Gasteiger partial charge < -0.3 is 10.2 Å². The second-order valence-electron chi connectivity index (χ2n) is 7.84. The van der Waals surface area contributed by atoms with Gasteiger partial charge in [-0.2, -0.15) is 5.10 Å². The average Bonchev–Trinajstić information content (AvgIpc) is 3.39. The van der Waals surface area contributed by atoms with Crippen LogP contribution in [0.15, 0.2) is 52.2 Å². The number of nitrogens with two attached hydrogens (primary N) is 1. The zero-order valence-corrected chi connectivity index (χ0v) is 16.6. The van der Waals surface area contributed by atoms with Crippen molar-refractivity contribution < 1.29 is 14.0 Å². The van der Waals surface area contributed by atoms with Gasteiger partial charge in [-0.25, -0.2) is 5.01 Å². The van der Waals surface area contributed by atoms with Crippen molar-refractivity contribution >= 4 is 17.5 Å². The Hall–Kier alpha value is -2.93. The van der Waals surface area contributed by atoms with E-state index in [1.165, 1.54) is 5.56 Å². The molecule has 4 rings (SSSR count). The fourth-order valence-corrected chi connectivity index (χ4v) is 4.00. The lowest BCUT2D eigenvalue weighted by molar-refractivity contribution is -0.135. The highest BCUT2D eigenvalue weighted by Gasteiger charge is 2.36. The summed E-state index contributed by atoms with van der Waals surface area (Å²) in [5, 5.41) is 6.24. The zero-order chi connectivity index (χ0) is 20.4. The summed E-state index contributed by atoms with van der Waals surface area (Å²) in [7, 11) is 0. The van der Waals surface area contributed by atoms with Gasteiger partial charge in [0.15, 0.2) is 0 Å². The van der Waals surface area contributed by atoms with Crippen LogP contribution in [0.1, 0.15) is 42.2 Å². The Balaban J connectivity index is 1.49. The molecule has 0 saturated carbocycles. The van der Waals surface area contributed by atoms with E-state index in [0.717, 1.165) is 17.0 Å². The topological polar surface area (TPSA) is 92.1 Å². The van der Waals surface area contributed by atoms with Gasteiger partial charge in [0.05, 0.1) is 18.5 Å². The molecule has 1 aromatic heterocycles. The Kier molecular flexibility index (Phi) is 5.49. The molecule has 152 valence electrons. The molecule has 1 aromatic carbocycles. The highest BCUT2D eigenvalue weighted by molar-refractivity contribution is 6.03. The maximum atomic E-state index is 13.1. The van der Waals surface area contributed by atoms with Gasteiger partial charge in [-0.1, -0.05) is 29.8 Å². The molecule has 1 unspecified atom stereocenters. The first-order chi connectivity index (χ1) is 14.0. The van der Waals surface area contributed by atoms with E-state index in [-0.39, 0.29) is 30.3 Å². The van der Waals surface area contributed by atoms with Crippen molar-refractivity contribution in [1.29, 1.82) is 0 Å². The van der Waals surface area contributed by atoms with Crippen LogP contribution < -0.4 is 5.73 Å². The number of rotatable bonds is 5. The summed E-state index contributed by atoms with van der Waals surface area (Å²) in [6.45, 7) is 3.69. The van der Waals surface area contributed by atoms with Crippen LogP contribution in [0.25, 0.3) is 0 Å². The summed E-state index contributed by atoms with van der Waals surface area (Å²) in [4.78, 5) is 26.5. The third kappa shape index (κ3) is 4.24. The first-order valence-electron chi connectivity index (χ1n) is 10.0. The number of likely N-dealkylation sites (tertiary alicyclic amines) is 1. The fourth-order valence-electron chi connectivity index (χ4n) is 4.00. The van der Waals surface area contributed by atoms with E-state index in [1.54, 1.807) is 11.3 Å². The Morgan fingerprint density at radius 2 is 1.90 bits per heavy atom. The summed E-state index contributed by atoms with van der Waals surface area (Å²) in [5.74, 6) is 0.332. The number of primary amides is 1. The predicted octanol–water partition coefficient (Wildman–Crippen LogP) is 2.46. The smallest absolute Gasteiger partial charge is 0.257 e. The second kappa shape index (κ2) is 8.21. The van der Waals surface area contributed by atoms with Gasteiger partial charge in [0.25, 0.3) is 5.91 Å². The van der Waals surface area contributed by atoms with Crippen LogP contribution in [0.3, 0.4) is 0 Å². The van der Waals surface area contributed by atoms with Crippen molar-refractivity contribution in [3.63, 3.8) is 0 Å². The molecule has 0 aliphatic carbocycles. The molecule has 0 bridgehead atoms. The lowest BCUT2D eigenvalue weighted by atomic mass is 9.96. The lowest BCUT2D eigenvalue weighted by Crippen LogP contribution is -2.43. The minimum atomic E-state index is -0.249. The Morgan fingerprint density at radius 1 is 1.17 bits per heavy atom. The molecule has 7 nitrogen and oxygen atoms in total. The van der Waals surface area contributed by atoms with Crippen LogP contribution in [0.2, 0.25) is 0 Å². The molecule has 2 aromatic rings. The van der Waals surface area contributed by atoms with Crippen LogP contribution in [-0.2, 0) is 9.59 Å². The third-order valence-electron chi connectivity index (χ3n) is 5.77. The van der Waals surface area contributed by atoms with Gasteiger partial charge >= 0.3 is 0 Å². The number of carbonyl (C=O) groups excluding carboxylic acids is 2. The Labute approximate surface area is 170 Å². The van der Waals surface area contributed by atoms with E-state index in [2.05, 4.69) is 10.0 Å². The van der Waals surface area contributed by atoms with E-state index in [1.807, 2.05) is 43.3 Å². The summed E-state index contributed by atoms with van der Waals surface area (Å²) in [5.41, 5.74) is 8.49.